The van der Waals surface area contributed by atoms with Crippen LogP contribution in [-0.4, -0.2) is 67.2 Å². The van der Waals surface area contributed by atoms with E-state index in [1.54, 1.807) is 45.0 Å². The Balaban J connectivity index is 1.72. The number of amides is 2. The number of hydrogen-bond acceptors (Lipinski definition) is 8. The number of nitrogens with one attached hydrogen (secondary N) is 1. The average Bonchev–Trinajstić information content (AvgIpc) is 3.70. The van der Waals surface area contributed by atoms with Gasteiger partial charge in [0.25, 0.3) is 0 Å². The molecule has 0 saturated heterocycles. The molecule has 0 bridgehead atoms. The summed E-state index contributed by atoms with van der Waals surface area (Å²) in [5.74, 6) is -0.107. The van der Waals surface area contributed by atoms with Gasteiger partial charge in [-0.15, -0.1) is 0 Å². The minimum absolute atomic E-state index is 0.0306. The Labute approximate surface area is 230 Å². The van der Waals surface area contributed by atoms with Crippen molar-refractivity contribution in [2.24, 2.45) is 0 Å². The van der Waals surface area contributed by atoms with Gasteiger partial charge in [0.05, 0.1) is 16.7 Å². The van der Waals surface area contributed by atoms with Crippen LogP contribution in [0.5, 0.6) is 0 Å². The number of hydrogen-bond donors (Lipinski definition) is 3. The molecule has 3 rings (SSSR count). The molecule has 1 atom stereocenters. The molecular weight excluding hydrogens is 523 g/mol. The fourth-order valence-corrected chi connectivity index (χ4v) is 5.86. The van der Waals surface area contributed by atoms with Crippen LogP contribution >= 0.6 is 0 Å². The van der Waals surface area contributed by atoms with Gasteiger partial charge in [0.2, 0.25) is 0 Å². The van der Waals surface area contributed by atoms with Crippen molar-refractivity contribution in [3.63, 3.8) is 0 Å². The van der Waals surface area contributed by atoms with Gasteiger partial charge in [-0.2, -0.15) is 0 Å². The van der Waals surface area contributed by atoms with Crippen molar-refractivity contribution in [1.29, 1.82) is 0 Å². The van der Waals surface area contributed by atoms with E-state index < -0.39 is 40.0 Å². The molecule has 0 aliphatic heterocycles. The maximum absolute atomic E-state index is 13.1. The van der Waals surface area contributed by atoms with E-state index in [4.69, 9.17) is 9.47 Å². The Morgan fingerprint density at radius 3 is 2.31 bits per heavy atom. The van der Waals surface area contributed by atoms with Crippen LogP contribution in [0.2, 0.25) is 0 Å². The number of carbonyl (C=O) groups excluding carboxylic acids is 2. The second kappa shape index (κ2) is 12.4. The highest BCUT2D eigenvalue weighted by molar-refractivity contribution is 7.92. The summed E-state index contributed by atoms with van der Waals surface area (Å²) in [6, 6.07) is 11.2. The van der Waals surface area contributed by atoms with Crippen LogP contribution in [0.25, 0.3) is 0 Å². The van der Waals surface area contributed by atoms with Gasteiger partial charge in [-0.1, -0.05) is 31.2 Å². The molecule has 2 aromatic rings. The Morgan fingerprint density at radius 2 is 1.77 bits per heavy atom. The van der Waals surface area contributed by atoms with E-state index in [9.17, 15) is 28.1 Å². The number of anilines is 1. The number of ether oxygens (including phenoxy) is 2. The summed E-state index contributed by atoms with van der Waals surface area (Å²) < 4.78 is 36.9. The van der Waals surface area contributed by atoms with Crippen LogP contribution in [0.4, 0.5) is 15.3 Å². The second-order valence-electron chi connectivity index (χ2n) is 10.8. The van der Waals surface area contributed by atoms with Crippen molar-refractivity contribution >= 4 is 40.3 Å². The summed E-state index contributed by atoms with van der Waals surface area (Å²) in [6.07, 6.45) is 0.571. The molecule has 212 valence electrons. The molecule has 3 N–H and O–H groups in total. The molecule has 1 aliphatic carbocycles. The molecule has 2 aromatic carbocycles. The molecule has 1 aliphatic rings. The SMILES string of the molecule is CC[C@@H](COC(=O)Nc1ccc(S(=O)(=O)C2CC2)c(CN(C)C(=O)OC(C)(C)C)c1)c1ccc(B(O)O)cc1. The first-order chi connectivity index (χ1) is 18.2. The van der Waals surface area contributed by atoms with Crippen molar-refractivity contribution in [2.45, 2.75) is 75.2 Å². The van der Waals surface area contributed by atoms with Crippen LogP contribution in [0, 0.1) is 0 Å². The van der Waals surface area contributed by atoms with E-state index >= 15 is 0 Å². The van der Waals surface area contributed by atoms with Crippen molar-refractivity contribution < 1.29 is 37.5 Å². The fraction of sp³-hybridized carbons (Fsp3) is 0.481. The third-order valence-corrected chi connectivity index (χ3v) is 8.66. The lowest BCUT2D eigenvalue weighted by Crippen LogP contribution is -2.34. The molecule has 12 heteroatoms. The van der Waals surface area contributed by atoms with E-state index in [1.807, 2.05) is 6.92 Å². The normalized spacial score (nSPS) is 14.3. The van der Waals surface area contributed by atoms with Gasteiger partial charge in [0.15, 0.2) is 9.84 Å². The van der Waals surface area contributed by atoms with Crippen molar-refractivity contribution in [2.75, 3.05) is 19.0 Å². The Kier molecular flexibility index (Phi) is 9.68. The van der Waals surface area contributed by atoms with E-state index in [1.165, 1.54) is 30.1 Å². The summed E-state index contributed by atoms with van der Waals surface area (Å²) in [5.41, 5.74) is 1.24. The van der Waals surface area contributed by atoms with Gasteiger partial charge in [-0.05, 0) is 74.8 Å². The molecule has 0 heterocycles. The predicted octanol–water partition coefficient (Wildman–Crippen LogP) is 3.41. The van der Waals surface area contributed by atoms with Crippen LogP contribution < -0.4 is 10.8 Å². The van der Waals surface area contributed by atoms with E-state index in [-0.39, 0.29) is 24.0 Å². The van der Waals surface area contributed by atoms with Gasteiger partial charge < -0.3 is 24.4 Å². The molecule has 0 unspecified atom stereocenters. The van der Waals surface area contributed by atoms with Crippen molar-refractivity contribution in [3.8, 4) is 0 Å². The standard InChI is InChI=1S/C27H37BN2O8S/c1-6-18(19-7-9-21(10-8-19)28(33)34)17-37-25(31)29-22-11-14-24(39(35,36)23-12-13-23)20(15-22)16-30(5)26(32)38-27(2,3)4/h7-11,14-15,18,23,33-34H,6,12-13,16-17H2,1-5H3,(H,29,31)/t18-/m0/s1. The monoisotopic (exact) mass is 560 g/mol. The molecule has 39 heavy (non-hydrogen) atoms. The number of rotatable bonds is 10. The smallest absolute Gasteiger partial charge is 0.449 e. The average molecular weight is 560 g/mol. The first kappa shape index (κ1) is 30.5. The van der Waals surface area contributed by atoms with Crippen LogP contribution in [-0.2, 0) is 25.9 Å². The topological polar surface area (TPSA) is 142 Å². The minimum Gasteiger partial charge on any atom is -0.449 e. The summed E-state index contributed by atoms with van der Waals surface area (Å²) in [4.78, 5) is 26.5. The fourth-order valence-electron chi connectivity index (χ4n) is 4.00. The van der Waals surface area contributed by atoms with E-state index in [2.05, 4.69) is 5.32 Å². The minimum atomic E-state index is -3.57. The number of benzene rings is 2. The van der Waals surface area contributed by atoms with Crippen LogP contribution in [0.1, 0.15) is 64.0 Å². The second-order valence-corrected chi connectivity index (χ2v) is 13.0. The van der Waals surface area contributed by atoms with Gasteiger partial charge in [-0.3, -0.25) is 5.32 Å². The Bertz CT molecular complexity index is 1270. The highest BCUT2D eigenvalue weighted by Gasteiger charge is 2.38. The van der Waals surface area contributed by atoms with Gasteiger partial charge in [0, 0.05) is 18.7 Å². The first-order valence-corrected chi connectivity index (χ1v) is 14.5. The van der Waals surface area contributed by atoms with Crippen molar-refractivity contribution in [3.05, 3.63) is 53.6 Å². The molecule has 0 aromatic heterocycles. The maximum Gasteiger partial charge on any atom is 0.488 e. The molecule has 1 saturated carbocycles. The number of nitrogens with zero attached hydrogens (tertiary/aromatic N) is 1. The number of sulfone groups is 1. The van der Waals surface area contributed by atoms with E-state index in [0.717, 1.165) is 5.56 Å². The highest BCUT2D eigenvalue weighted by atomic mass is 32.2. The third-order valence-electron chi connectivity index (χ3n) is 6.30. The largest absolute Gasteiger partial charge is 0.488 e. The summed E-state index contributed by atoms with van der Waals surface area (Å²) in [7, 11) is -3.60. The Morgan fingerprint density at radius 1 is 1.13 bits per heavy atom. The lowest BCUT2D eigenvalue weighted by Gasteiger charge is -2.25. The van der Waals surface area contributed by atoms with Gasteiger partial charge in [0.1, 0.15) is 12.2 Å². The summed E-state index contributed by atoms with van der Waals surface area (Å²) in [6.45, 7) is 7.25. The van der Waals surface area contributed by atoms with Crippen molar-refractivity contribution in [1.82, 2.24) is 4.90 Å². The van der Waals surface area contributed by atoms with Gasteiger partial charge in [-0.25, -0.2) is 18.0 Å². The third kappa shape index (κ3) is 8.45. The molecule has 0 radical (unpaired) electrons. The molecular formula is C27H37BN2O8S. The Hall–Kier alpha value is -3.09. The first-order valence-electron chi connectivity index (χ1n) is 12.9. The molecule has 1 fully saturated rings. The van der Waals surface area contributed by atoms with Crippen LogP contribution in [0.15, 0.2) is 47.4 Å². The molecule has 0 spiro atoms. The zero-order valence-corrected chi connectivity index (χ0v) is 23.8. The van der Waals surface area contributed by atoms with E-state index in [0.29, 0.717) is 36.0 Å². The molecule has 2 amide bonds. The predicted molar refractivity (Wildman–Crippen MR) is 149 cm³/mol. The van der Waals surface area contributed by atoms with Crippen LogP contribution in [0.3, 0.4) is 0 Å². The quantitative estimate of drug-likeness (QED) is 0.376. The maximum atomic E-state index is 13.1. The number of carbonyl (C=O) groups is 2. The lowest BCUT2D eigenvalue weighted by atomic mass is 9.79. The summed E-state index contributed by atoms with van der Waals surface area (Å²) in [5, 5.41) is 20.8. The van der Waals surface area contributed by atoms with Gasteiger partial charge >= 0.3 is 19.3 Å². The zero-order valence-electron chi connectivity index (χ0n) is 23.0. The lowest BCUT2D eigenvalue weighted by molar-refractivity contribution is 0.0283. The molecule has 10 nitrogen and oxygen atoms in total. The summed E-state index contributed by atoms with van der Waals surface area (Å²) >= 11 is 0. The zero-order chi connectivity index (χ0) is 29.0. The highest BCUT2D eigenvalue weighted by Crippen LogP contribution is 2.36.